The van der Waals surface area contributed by atoms with Crippen LogP contribution in [0.25, 0.3) is 0 Å². The van der Waals surface area contributed by atoms with Crippen LogP contribution < -0.4 is 0 Å². The molecule has 0 aliphatic carbocycles. The molecule has 0 aromatic heterocycles. The number of allylic oxidation sites excluding steroid dienone is 5. The van der Waals surface area contributed by atoms with Crippen molar-refractivity contribution in [3.8, 4) is 0 Å². The van der Waals surface area contributed by atoms with E-state index in [2.05, 4.69) is 40.5 Å². The van der Waals surface area contributed by atoms with Crippen LogP contribution in [0.5, 0.6) is 0 Å². The summed E-state index contributed by atoms with van der Waals surface area (Å²) in [5, 5.41) is 0. The molecule has 138 valence electrons. The van der Waals surface area contributed by atoms with Gasteiger partial charge in [0.2, 0.25) is 0 Å². The molecule has 0 nitrogen and oxygen atoms in total. The van der Waals surface area contributed by atoms with Gasteiger partial charge in [0, 0.05) is 0 Å². The third-order valence-electron chi connectivity index (χ3n) is 5.21. The normalized spacial score (nSPS) is 17.0. The maximum Gasteiger partial charge on any atom is 0.158 e. The summed E-state index contributed by atoms with van der Waals surface area (Å²) in [6.07, 6.45) is 10.0. The molecular weight excluding hydrogens is 302 g/mol. The predicted octanol–water partition coefficient (Wildman–Crippen LogP) is 7.95. The first kappa shape index (κ1) is 22.8. The smallest absolute Gasteiger partial charge is 0.158 e. The summed E-state index contributed by atoms with van der Waals surface area (Å²) in [5.41, 5.74) is 0.629. The van der Waals surface area contributed by atoms with Gasteiger partial charge < -0.3 is 0 Å². The van der Waals surface area contributed by atoms with Gasteiger partial charge in [-0.2, -0.15) is 0 Å². The second-order valence-corrected chi connectivity index (χ2v) is 7.45. The Kier molecular flexibility index (Phi) is 11.6. The summed E-state index contributed by atoms with van der Waals surface area (Å²) in [7, 11) is 0. The summed E-state index contributed by atoms with van der Waals surface area (Å²) in [4.78, 5) is 0. The zero-order valence-electron chi connectivity index (χ0n) is 16.1. The molecule has 24 heavy (non-hydrogen) atoms. The van der Waals surface area contributed by atoms with Crippen molar-refractivity contribution in [3.63, 3.8) is 0 Å². The zero-order chi connectivity index (χ0) is 18.7. The molecular formula is C22H36F2. The summed E-state index contributed by atoms with van der Waals surface area (Å²) >= 11 is 0. The standard InChI is InChI=1S/C22H36F2/c1-8-9-10-16(2)11-12-17(3)18(4)13-14-19(5)20(6)15-22(24)21(7)23/h8,15-19H,1,6-7,9-14H2,2-5H3/b22-15+. The lowest BCUT2D eigenvalue weighted by Gasteiger charge is -2.23. The van der Waals surface area contributed by atoms with E-state index in [1.54, 1.807) is 0 Å². The molecule has 0 heterocycles. The lowest BCUT2D eigenvalue weighted by molar-refractivity contribution is 0.299. The number of halogens is 2. The minimum atomic E-state index is -1.03. The van der Waals surface area contributed by atoms with Gasteiger partial charge in [-0.05, 0) is 61.0 Å². The Labute approximate surface area is 148 Å². The molecule has 4 unspecified atom stereocenters. The van der Waals surface area contributed by atoms with Crippen molar-refractivity contribution in [1.82, 2.24) is 0 Å². The molecule has 0 aliphatic heterocycles. The van der Waals surface area contributed by atoms with Gasteiger partial charge in [-0.1, -0.05) is 59.8 Å². The van der Waals surface area contributed by atoms with E-state index in [1.807, 2.05) is 13.0 Å². The molecule has 0 saturated heterocycles. The Morgan fingerprint density at radius 1 is 0.875 bits per heavy atom. The summed E-state index contributed by atoms with van der Waals surface area (Å²) in [6, 6.07) is 0. The maximum atomic E-state index is 13.2. The molecule has 0 N–H and O–H groups in total. The Hall–Kier alpha value is -1.18. The van der Waals surface area contributed by atoms with Crippen LogP contribution in [0.15, 0.2) is 49.1 Å². The molecule has 0 rings (SSSR count). The first-order chi connectivity index (χ1) is 11.2. The fraction of sp³-hybridized carbons (Fsp3) is 0.636. The van der Waals surface area contributed by atoms with E-state index in [0.29, 0.717) is 17.4 Å². The molecule has 0 radical (unpaired) electrons. The van der Waals surface area contributed by atoms with Crippen LogP contribution in [0.3, 0.4) is 0 Å². The Morgan fingerprint density at radius 2 is 1.42 bits per heavy atom. The molecule has 0 aromatic carbocycles. The lowest BCUT2D eigenvalue weighted by atomic mass is 9.83. The highest BCUT2D eigenvalue weighted by molar-refractivity contribution is 5.27. The predicted molar refractivity (Wildman–Crippen MR) is 103 cm³/mol. The van der Waals surface area contributed by atoms with Crippen LogP contribution in [0, 0.1) is 23.7 Å². The Balaban J connectivity index is 4.20. The number of hydrogen-bond acceptors (Lipinski definition) is 0. The van der Waals surface area contributed by atoms with E-state index in [1.165, 1.54) is 25.3 Å². The van der Waals surface area contributed by atoms with E-state index in [0.717, 1.165) is 25.2 Å². The van der Waals surface area contributed by atoms with E-state index in [4.69, 9.17) is 0 Å². The first-order valence-electron chi connectivity index (χ1n) is 9.20. The van der Waals surface area contributed by atoms with Gasteiger partial charge in [-0.15, -0.1) is 6.58 Å². The van der Waals surface area contributed by atoms with Crippen molar-refractivity contribution in [2.45, 2.75) is 66.2 Å². The van der Waals surface area contributed by atoms with E-state index in [9.17, 15) is 8.78 Å². The van der Waals surface area contributed by atoms with E-state index < -0.39 is 11.7 Å². The topological polar surface area (TPSA) is 0 Å². The summed E-state index contributed by atoms with van der Waals surface area (Å²) in [5.74, 6) is 0.249. The molecule has 0 amide bonds. The van der Waals surface area contributed by atoms with Crippen molar-refractivity contribution >= 4 is 0 Å². The third-order valence-corrected chi connectivity index (χ3v) is 5.21. The van der Waals surface area contributed by atoms with E-state index >= 15 is 0 Å². The van der Waals surface area contributed by atoms with Gasteiger partial charge >= 0.3 is 0 Å². The van der Waals surface area contributed by atoms with Crippen molar-refractivity contribution < 1.29 is 8.78 Å². The third kappa shape index (κ3) is 9.85. The maximum absolute atomic E-state index is 13.2. The van der Waals surface area contributed by atoms with Crippen molar-refractivity contribution in [2.24, 2.45) is 23.7 Å². The van der Waals surface area contributed by atoms with Crippen LogP contribution in [0.4, 0.5) is 8.78 Å². The molecule has 2 heteroatoms. The fourth-order valence-corrected chi connectivity index (χ4v) is 2.74. The van der Waals surface area contributed by atoms with Gasteiger partial charge in [-0.3, -0.25) is 0 Å². The fourth-order valence-electron chi connectivity index (χ4n) is 2.74. The number of rotatable bonds is 13. The van der Waals surface area contributed by atoms with Crippen molar-refractivity contribution in [2.75, 3.05) is 0 Å². The monoisotopic (exact) mass is 338 g/mol. The average molecular weight is 339 g/mol. The van der Waals surface area contributed by atoms with Gasteiger partial charge in [-0.25, -0.2) is 8.78 Å². The van der Waals surface area contributed by atoms with Crippen LogP contribution in [0.1, 0.15) is 66.2 Å². The molecule has 0 saturated carbocycles. The molecule has 4 atom stereocenters. The van der Waals surface area contributed by atoms with Crippen molar-refractivity contribution in [1.29, 1.82) is 0 Å². The average Bonchev–Trinajstić information content (AvgIpc) is 2.54. The highest BCUT2D eigenvalue weighted by Crippen LogP contribution is 2.28. The van der Waals surface area contributed by atoms with Gasteiger partial charge in [0.15, 0.2) is 11.7 Å². The molecule has 0 bridgehead atoms. The molecule has 0 spiro atoms. The molecule has 0 aliphatic rings. The minimum absolute atomic E-state index is 0.149. The highest BCUT2D eigenvalue weighted by atomic mass is 19.2. The summed E-state index contributed by atoms with van der Waals surface area (Å²) < 4.78 is 25.9. The number of hydrogen-bond donors (Lipinski definition) is 0. The second kappa shape index (κ2) is 12.2. The van der Waals surface area contributed by atoms with Gasteiger partial charge in [0.05, 0.1) is 0 Å². The minimum Gasteiger partial charge on any atom is -0.204 e. The lowest BCUT2D eigenvalue weighted by Crippen LogP contribution is -2.11. The first-order valence-corrected chi connectivity index (χ1v) is 9.20. The quantitative estimate of drug-likeness (QED) is 0.236. The summed E-state index contributed by atoms with van der Waals surface area (Å²) in [6.45, 7) is 19.5. The van der Waals surface area contributed by atoms with Crippen LogP contribution in [-0.4, -0.2) is 0 Å². The highest BCUT2D eigenvalue weighted by Gasteiger charge is 2.16. The Morgan fingerprint density at radius 3 is 1.92 bits per heavy atom. The molecule has 0 fully saturated rings. The SMILES string of the molecule is C=CCCC(C)CCC(C)C(C)CCC(C)C(=C)/C=C(/F)C(=C)F. The van der Waals surface area contributed by atoms with Gasteiger partial charge in [0.25, 0.3) is 0 Å². The Bertz CT molecular complexity index is 433. The van der Waals surface area contributed by atoms with Gasteiger partial charge in [0.1, 0.15) is 0 Å². The van der Waals surface area contributed by atoms with Crippen LogP contribution in [-0.2, 0) is 0 Å². The van der Waals surface area contributed by atoms with Crippen LogP contribution in [0.2, 0.25) is 0 Å². The van der Waals surface area contributed by atoms with E-state index in [-0.39, 0.29) is 5.92 Å². The van der Waals surface area contributed by atoms with Crippen molar-refractivity contribution in [3.05, 3.63) is 49.1 Å². The second-order valence-electron chi connectivity index (χ2n) is 7.45. The largest absolute Gasteiger partial charge is 0.204 e. The van der Waals surface area contributed by atoms with Crippen LogP contribution >= 0.6 is 0 Å². The molecule has 0 aromatic rings. The zero-order valence-corrected chi connectivity index (χ0v) is 16.1.